The summed E-state index contributed by atoms with van der Waals surface area (Å²) in [7, 11) is 0. The molecule has 2 aromatic carbocycles. The first-order chi connectivity index (χ1) is 10.1. The van der Waals surface area contributed by atoms with Gasteiger partial charge in [-0.25, -0.2) is 0 Å². The van der Waals surface area contributed by atoms with Crippen molar-refractivity contribution in [2.75, 3.05) is 6.54 Å². The normalized spacial score (nSPS) is 13.9. The number of aliphatic hydroxyl groups is 1. The monoisotopic (exact) mass is 303 g/mol. The van der Waals surface area contributed by atoms with Crippen molar-refractivity contribution >= 4 is 11.6 Å². The molecule has 2 unspecified atom stereocenters. The van der Waals surface area contributed by atoms with E-state index in [0.717, 1.165) is 18.4 Å². The summed E-state index contributed by atoms with van der Waals surface area (Å²) in [6.07, 6.45) is 1.60. The van der Waals surface area contributed by atoms with Crippen LogP contribution < -0.4 is 5.32 Å². The molecule has 2 rings (SSSR count). The number of nitrogens with one attached hydrogen (secondary N) is 1. The van der Waals surface area contributed by atoms with Crippen LogP contribution >= 0.6 is 11.6 Å². The van der Waals surface area contributed by atoms with Gasteiger partial charge in [-0.2, -0.15) is 0 Å². The van der Waals surface area contributed by atoms with Crippen molar-refractivity contribution in [2.45, 2.75) is 31.9 Å². The molecule has 0 aliphatic carbocycles. The van der Waals surface area contributed by atoms with Gasteiger partial charge >= 0.3 is 0 Å². The van der Waals surface area contributed by atoms with Crippen LogP contribution in [-0.2, 0) is 6.42 Å². The van der Waals surface area contributed by atoms with Gasteiger partial charge in [0, 0.05) is 17.6 Å². The fourth-order valence-electron chi connectivity index (χ4n) is 2.25. The van der Waals surface area contributed by atoms with Gasteiger partial charge in [0.1, 0.15) is 0 Å². The van der Waals surface area contributed by atoms with Crippen molar-refractivity contribution in [3.05, 3.63) is 70.7 Å². The van der Waals surface area contributed by atoms with Crippen LogP contribution in [0.15, 0.2) is 54.6 Å². The van der Waals surface area contributed by atoms with E-state index >= 15 is 0 Å². The van der Waals surface area contributed by atoms with E-state index in [1.54, 1.807) is 12.1 Å². The van der Waals surface area contributed by atoms with E-state index in [2.05, 4.69) is 36.5 Å². The van der Waals surface area contributed by atoms with Crippen LogP contribution in [-0.4, -0.2) is 17.7 Å². The van der Waals surface area contributed by atoms with Crippen molar-refractivity contribution in [1.29, 1.82) is 0 Å². The molecule has 3 heteroatoms. The molecule has 0 aromatic heterocycles. The molecule has 0 bridgehead atoms. The Morgan fingerprint density at radius 1 is 1.05 bits per heavy atom. The topological polar surface area (TPSA) is 32.3 Å². The molecular weight excluding hydrogens is 282 g/mol. The Hall–Kier alpha value is -1.35. The number of hydrogen-bond acceptors (Lipinski definition) is 2. The predicted octanol–water partition coefficient (Wildman–Crippen LogP) is 3.98. The van der Waals surface area contributed by atoms with Crippen LogP contribution in [0.1, 0.15) is 30.6 Å². The number of rotatable bonds is 7. The fourth-order valence-corrected chi connectivity index (χ4v) is 2.37. The van der Waals surface area contributed by atoms with E-state index in [1.807, 2.05) is 18.2 Å². The lowest BCUT2D eigenvalue weighted by atomic mass is 10.1. The largest absolute Gasteiger partial charge is 0.387 e. The van der Waals surface area contributed by atoms with Gasteiger partial charge in [-0.1, -0.05) is 54.1 Å². The molecule has 0 aliphatic rings. The first-order valence-electron chi connectivity index (χ1n) is 7.36. The smallest absolute Gasteiger partial charge is 0.0914 e. The second kappa shape index (κ2) is 8.18. The van der Waals surface area contributed by atoms with Crippen molar-refractivity contribution in [3.63, 3.8) is 0 Å². The molecule has 0 heterocycles. The summed E-state index contributed by atoms with van der Waals surface area (Å²) >= 11 is 5.85. The third kappa shape index (κ3) is 5.50. The van der Waals surface area contributed by atoms with Crippen LogP contribution in [0, 0.1) is 0 Å². The van der Waals surface area contributed by atoms with E-state index in [1.165, 1.54) is 5.56 Å². The summed E-state index contributed by atoms with van der Waals surface area (Å²) in [6, 6.07) is 18.2. The van der Waals surface area contributed by atoms with Crippen molar-refractivity contribution in [1.82, 2.24) is 5.32 Å². The second-order valence-corrected chi connectivity index (χ2v) is 5.84. The molecule has 0 fully saturated rings. The summed E-state index contributed by atoms with van der Waals surface area (Å²) in [5.74, 6) is 0. The Kier molecular flexibility index (Phi) is 6.24. The van der Waals surface area contributed by atoms with Gasteiger partial charge in [-0.15, -0.1) is 0 Å². The minimum atomic E-state index is -0.499. The quantitative estimate of drug-likeness (QED) is 0.811. The molecule has 2 N–H and O–H groups in total. The number of aryl methyl sites for hydroxylation is 1. The van der Waals surface area contributed by atoms with E-state index in [9.17, 15) is 5.11 Å². The second-order valence-electron chi connectivity index (χ2n) is 5.40. The zero-order chi connectivity index (χ0) is 15.1. The van der Waals surface area contributed by atoms with Gasteiger partial charge in [0.2, 0.25) is 0 Å². The minimum absolute atomic E-state index is 0.368. The molecule has 0 radical (unpaired) electrons. The van der Waals surface area contributed by atoms with E-state index < -0.39 is 6.10 Å². The minimum Gasteiger partial charge on any atom is -0.387 e. The number of halogens is 1. The van der Waals surface area contributed by atoms with Crippen LogP contribution in [0.2, 0.25) is 5.02 Å². The fraction of sp³-hybridized carbons (Fsp3) is 0.333. The third-order valence-corrected chi connectivity index (χ3v) is 3.88. The molecule has 112 valence electrons. The molecule has 0 spiro atoms. The highest BCUT2D eigenvalue weighted by Crippen LogP contribution is 2.16. The van der Waals surface area contributed by atoms with Gasteiger partial charge in [0.05, 0.1) is 6.10 Å². The highest BCUT2D eigenvalue weighted by molar-refractivity contribution is 6.30. The van der Waals surface area contributed by atoms with Gasteiger partial charge in [0.25, 0.3) is 0 Å². The van der Waals surface area contributed by atoms with Crippen LogP contribution in [0.3, 0.4) is 0 Å². The summed E-state index contributed by atoms with van der Waals surface area (Å²) in [5, 5.41) is 14.2. The first-order valence-corrected chi connectivity index (χ1v) is 7.74. The Bertz CT molecular complexity index is 527. The molecule has 21 heavy (non-hydrogen) atoms. The van der Waals surface area contributed by atoms with Gasteiger partial charge in [0.15, 0.2) is 0 Å². The van der Waals surface area contributed by atoms with Gasteiger partial charge in [-0.05, 0) is 43.0 Å². The maximum absolute atomic E-state index is 10.1. The summed E-state index contributed by atoms with van der Waals surface area (Å²) in [6.45, 7) is 2.70. The molecule has 0 saturated carbocycles. The molecule has 0 aliphatic heterocycles. The van der Waals surface area contributed by atoms with Crippen LogP contribution in [0.25, 0.3) is 0 Å². The lowest BCUT2D eigenvalue weighted by Crippen LogP contribution is -2.30. The SMILES string of the molecule is CC(CCc1ccccc1)NCC(O)c1ccc(Cl)cc1. The molecule has 0 amide bonds. The summed E-state index contributed by atoms with van der Waals surface area (Å²) in [4.78, 5) is 0. The van der Waals surface area contributed by atoms with Gasteiger partial charge in [-0.3, -0.25) is 0 Å². The summed E-state index contributed by atoms with van der Waals surface area (Å²) < 4.78 is 0. The zero-order valence-electron chi connectivity index (χ0n) is 12.3. The average molecular weight is 304 g/mol. The van der Waals surface area contributed by atoms with E-state index in [4.69, 9.17) is 11.6 Å². The molecular formula is C18H22ClNO. The van der Waals surface area contributed by atoms with Crippen molar-refractivity contribution in [2.24, 2.45) is 0 Å². The number of hydrogen-bond donors (Lipinski definition) is 2. The molecule has 0 saturated heterocycles. The number of aliphatic hydroxyl groups excluding tert-OH is 1. The maximum Gasteiger partial charge on any atom is 0.0914 e. The summed E-state index contributed by atoms with van der Waals surface area (Å²) in [5.41, 5.74) is 2.24. The number of benzene rings is 2. The zero-order valence-corrected chi connectivity index (χ0v) is 13.1. The lowest BCUT2D eigenvalue weighted by molar-refractivity contribution is 0.170. The van der Waals surface area contributed by atoms with Gasteiger partial charge < -0.3 is 10.4 Å². The van der Waals surface area contributed by atoms with Crippen molar-refractivity contribution < 1.29 is 5.11 Å². The molecule has 2 aromatic rings. The molecule has 2 nitrogen and oxygen atoms in total. The molecule has 2 atom stereocenters. The third-order valence-electron chi connectivity index (χ3n) is 3.62. The Balaban J connectivity index is 1.73. The van der Waals surface area contributed by atoms with Crippen LogP contribution in [0.4, 0.5) is 0 Å². The van der Waals surface area contributed by atoms with E-state index in [-0.39, 0.29) is 0 Å². The standard InChI is InChI=1S/C18H22ClNO/c1-14(7-8-15-5-3-2-4-6-15)20-13-18(21)16-9-11-17(19)12-10-16/h2-6,9-12,14,18,20-21H,7-8,13H2,1H3. The average Bonchev–Trinajstić information content (AvgIpc) is 2.52. The first kappa shape index (κ1) is 16.0. The maximum atomic E-state index is 10.1. The highest BCUT2D eigenvalue weighted by Gasteiger charge is 2.09. The Morgan fingerprint density at radius 3 is 2.38 bits per heavy atom. The highest BCUT2D eigenvalue weighted by atomic mass is 35.5. The van der Waals surface area contributed by atoms with Crippen molar-refractivity contribution in [3.8, 4) is 0 Å². The lowest BCUT2D eigenvalue weighted by Gasteiger charge is -2.17. The van der Waals surface area contributed by atoms with Crippen LogP contribution in [0.5, 0.6) is 0 Å². The van der Waals surface area contributed by atoms with E-state index in [0.29, 0.717) is 17.6 Å². The Labute approximate surface area is 131 Å². The predicted molar refractivity (Wildman–Crippen MR) is 88.6 cm³/mol. The Morgan fingerprint density at radius 2 is 1.71 bits per heavy atom.